The Morgan fingerprint density at radius 1 is 0.944 bits per heavy atom. The number of aliphatic carboxylic acids is 1. The molecule has 3 amide bonds. The number of H-pyrrole nitrogens is 1. The minimum absolute atomic E-state index is 0.0642. The van der Waals surface area contributed by atoms with E-state index in [2.05, 4.69) is 20.9 Å². The van der Waals surface area contributed by atoms with Gasteiger partial charge in [0.1, 0.15) is 18.1 Å². The quantitative estimate of drug-likeness (QED) is 0.244. The highest BCUT2D eigenvalue weighted by Gasteiger charge is 2.31. The van der Waals surface area contributed by atoms with Crippen LogP contribution >= 0.6 is 0 Å². The predicted molar refractivity (Wildman–Crippen MR) is 138 cm³/mol. The summed E-state index contributed by atoms with van der Waals surface area (Å²) in [6.07, 6.45) is 2.95. The Hall–Kier alpha value is -3.40. The van der Waals surface area contributed by atoms with Crippen LogP contribution in [-0.4, -0.2) is 57.9 Å². The number of nitrogens with one attached hydrogen (secondary N) is 4. The minimum atomic E-state index is -1.19. The van der Waals surface area contributed by atoms with Gasteiger partial charge in [-0.25, -0.2) is 0 Å². The molecule has 10 heteroatoms. The van der Waals surface area contributed by atoms with Gasteiger partial charge in [-0.1, -0.05) is 52.3 Å². The molecule has 1 aromatic heterocycles. The topological polar surface area (TPSA) is 166 Å². The van der Waals surface area contributed by atoms with E-state index >= 15 is 0 Å². The maximum atomic E-state index is 13.3. The van der Waals surface area contributed by atoms with Crippen molar-refractivity contribution < 1.29 is 24.3 Å². The second-order valence-electron chi connectivity index (χ2n) is 9.80. The summed E-state index contributed by atoms with van der Waals surface area (Å²) in [4.78, 5) is 53.5. The van der Waals surface area contributed by atoms with Crippen molar-refractivity contribution in [1.82, 2.24) is 20.9 Å². The van der Waals surface area contributed by atoms with Crippen molar-refractivity contribution in [3.63, 3.8) is 0 Å². The second kappa shape index (κ2) is 13.1. The molecule has 0 saturated carbocycles. The van der Waals surface area contributed by atoms with Gasteiger partial charge in [0.05, 0.1) is 6.04 Å². The van der Waals surface area contributed by atoms with E-state index in [0.717, 1.165) is 16.5 Å². The number of fused-ring (bicyclic) bond motifs is 1. The first-order chi connectivity index (χ1) is 16.9. The van der Waals surface area contributed by atoms with E-state index in [-0.39, 0.29) is 18.3 Å². The summed E-state index contributed by atoms with van der Waals surface area (Å²) >= 11 is 0. The lowest BCUT2D eigenvalue weighted by Crippen LogP contribution is -2.58. The minimum Gasteiger partial charge on any atom is -0.480 e. The Bertz CT molecular complexity index is 1070. The van der Waals surface area contributed by atoms with Crippen molar-refractivity contribution in [3.05, 3.63) is 36.0 Å². The monoisotopic (exact) mass is 501 g/mol. The van der Waals surface area contributed by atoms with Crippen LogP contribution in [0.5, 0.6) is 0 Å². The normalized spacial score (nSPS) is 15.5. The van der Waals surface area contributed by atoms with E-state index in [1.54, 1.807) is 6.20 Å². The van der Waals surface area contributed by atoms with Crippen LogP contribution < -0.4 is 21.7 Å². The van der Waals surface area contributed by atoms with E-state index in [4.69, 9.17) is 5.73 Å². The molecule has 0 spiro atoms. The van der Waals surface area contributed by atoms with Gasteiger partial charge in [-0.2, -0.15) is 0 Å². The molecule has 198 valence electrons. The fourth-order valence-corrected chi connectivity index (χ4v) is 3.86. The van der Waals surface area contributed by atoms with Gasteiger partial charge in [0.25, 0.3) is 0 Å². The van der Waals surface area contributed by atoms with Gasteiger partial charge < -0.3 is 31.8 Å². The largest absolute Gasteiger partial charge is 0.480 e. The summed E-state index contributed by atoms with van der Waals surface area (Å²) in [6, 6.07) is 3.68. The van der Waals surface area contributed by atoms with Crippen LogP contribution in [0.3, 0.4) is 0 Å². The number of aromatic amines is 1. The second-order valence-corrected chi connectivity index (χ2v) is 9.80. The van der Waals surface area contributed by atoms with Gasteiger partial charge >= 0.3 is 5.97 Å². The fourth-order valence-electron chi connectivity index (χ4n) is 3.86. The molecule has 1 heterocycles. The molecule has 0 aliphatic rings. The summed E-state index contributed by atoms with van der Waals surface area (Å²) in [5.74, 6) is -2.77. The smallest absolute Gasteiger partial charge is 0.325 e. The number of carboxylic acid groups (broad SMARTS) is 1. The Morgan fingerprint density at radius 2 is 1.56 bits per heavy atom. The van der Waals surface area contributed by atoms with E-state index in [1.165, 1.54) is 6.92 Å². The van der Waals surface area contributed by atoms with E-state index in [9.17, 15) is 24.3 Å². The van der Waals surface area contributed by atoms with Gasteiger partial charge in [-0.05, 0) is 36.8 Å². The number of rotatable bonds is 13. The first kappa shape index (κ1) is 28.8. The average Bonchev–Trinajstić information content (AvgIpc) is 3.24. The molecule has 0 saturated heterocycles. The zero-order chi connectivity index (χ0) is 27.0. The van der Waals surface area contributed by atoms with Crippen LogP contribution in [0.4, 0.5) is 0 Å². The third-order valence-electron chi connectivity index (χ3n) is 6.36. The molecule has 10 nitrogen and oxygen atoms in total. The van der Waals surface area contributed by atoms with Crippen LogP contribution in [0.2, 0.25) is 0 Å². The maximum Gasteiger partial charge on any atom is 0.325 e. The first-order valence-electron chi connectivity index (χ1n) is 12.4. The predicted octanol–water partition coefficient (Wildman–Crippen LogP) is 1.69. The zero-order valence-corrected chi connectivity index (χ0v) is 21.6. The molecular formula is C26H39N5O5. The van der Waals surface area contributed by atoms with Gasteiger partial charge in [-0.3, -0.25) is 19.2 Å². The molecule has 1 aromatic carbocycles. The first-order valence-corrected chi connectivity index (χ1v) is 12.4. The number of amides is 3. The lowest BCUT2D eigenvalue weighted by Gasteiger charge is -2.26. The summed E-state index contributed by atoms with van der Waals surface area (Å²) < 4.78 is 0. The Morgan fingerprint density at radius 3 is 2.17 bits per heavy atom. The van der Waals surface area contributed by atoms with Crippen LogP contribution in [-0.2, 0) is 25.6 Å². The summed E-state index contributed by atoms with van der Waals surface area (Å²) in [5, 5.41) is 18.0. The van der Waals surface area contributed by atoms with Gasteiger partial charge in [0.15, 0.2) is 0 Å². The molecule has 0 radical (unpaired) electrons. The molecule has 0 bridgehead atoms. The molecule has 5 unspecified atom stereocenters. The van der Waals surface area contributed by atoms with Crippen molar-refractivity contribution in [2.45, 2.75) is 78.0 Å². The van der Waals surface area contributed by atoms with E-state index in [0.29, 0.717) is 12.8 Å². The fraction of sp³-hybridized carbons (Fsp3) is 0.538. The maximum absolute atomic E-state index is 13.3. The number of benzene rings is 1. The highest BCUT2D eigenvalue weighted by atomic mass is 16.4. The number of hydrogen-bond acceptors (Lipinski definition) is 5. The third-order valence-corrected chi connectivity index (χ3v) is 6.36. The van der Waals surface area contributed by atoms with Gasteiger partial charge in [-0.15, -0.1) is 0 Å². The third kappa shape index (κ3) is 7.81. The van der Waals surface area contributed by atoms with Gasteiger partial charge in [0, 0.05) is 23.5 Å². The number of aromatic nitrogens is 1. The molecule has 5 atom stereocenters. The lowest BCUT2D eigenvalue weighted by molar-refractivity contribution is -0.141. The molecule has 0 fully saturated rings. The molecule has 2 rings (SSSR count). The number of carbonyl (C=O) groups is 4. The van der Waals surface area contributed by atoms with Crippen molar-refractivity contribution in [1.29, 1.82) is 0 Å². The SMILES string of the molecule is CCC(C)C(N)C(=O)NC(CC(C)C)C(=O)NC(Cc1c[nH]c2ccccc12)C(=O)NC(C)C(=O)O. The molecule has 0 aliphatic heterocycles. The van der Waals surface area contributed by atoms with Crippen molar-refractivity contribution in [2.75, 3.05) is 0 Å². The Labute approximate surface area is 211 Å². The van der Waals surface area contributed by atoms with Crippen molar-refractivity contribution >= 4 is 34.6 Å². The highest BCUT2D eigenvalue weighted by Crippen LogP contribution is 2.19. The highest BCUT2D eigenvalue weighted by molar-refractivity contribution is 5.94. The molecule has 2 aromatic rings. The van der Waals surface area contributed by atoms with Crippen LogP contribution in [0, 0.1) is 11.8 Å². The van der Waals surface area contributed by atoms with Crippen LogP contribution in [0.15, 0.2) is 30.5 Å². The van der Waals surface area contributed by atoms with Crippen LogP contribution in [0.1, 0.15) is 53.0 Å². The summed E-state index contributed by atoms with van der Waals surface area (Å²) in [5.41, 5.74) is 7.72. The molecular weight excluding hydrogens is 462 g/mol. The van der Waals surface area contributed by atoms with Crippen LogP contribution in [0.25, 0.3) is 10.9 Å². The van der Waals surface area contributed by atoms with E-state index < -0.39 is 47.9 Å². The molecule has 36 heavy (non-hydrogen) atoms. The zero-order valence-electron chi connectivity index (χ0n) is 21.6. The Balaban J connectivity index is 2.28. The van der Waals surface area contributed by atoms with Crippen molar-refractivity contribution in [3.8, 4) is 0 Å². The number of hydrogen-bond donors (Lipinski definition) is 6. The number of nitrogens with two attached hydrogens (primary N) is 1. The standard InChI is InChI=1S/C26H39N5O5/c1-6-15(4)22(27)25(34)31-20(11-14(2)3)24(33)30-21(23(32)29-16(5)26(35)36)12-17-13-28-19-10-8-7-9-18(17)19/h7-10,13-16,20-22,28H,6,11-12,27H2,1-5H3,(H,29,32)(H,30,33)(H,31,34)(H,35,36). The Kier molecular flexibility index (Phi) is 10.5. The number of carboxylic acids is 1. The molecule has 7 N–H and O–H groups in total. The molecule has 0 aliphatic carbocycles. The van der Waals surface area contributed by atoms with E-state index in [1.807, 2.05) is 52.0 Å². The van der Waals surface area contributed by atoms with Crippen molar-refractivity contribution in [2.24, 2.45) is 17.6 Å². The number of para-hydroxylation sites is 1. The summed E-state index contributed by atoms with van der Waals surface area (Å²) in [6.45, 7) is 9.00. The summed E-state index contributed by atoms with van der Waals surface area (Å²) in [7, 11) is 0. The van der Waals surface area contributed by atoms with Gasteiger partial charge in [0.2, 0.25) is 17.7 Å². The average molecular weight is 502 g/mol. The number of carbonyl (C=O) groups excluding carboxylic acids is 3. The lowest BCUT2D eigenvalue weighted by atomic mass is 9.97.